The number of imidazole rings is 1. The van der Waals surface area contributed by atoms with Gasteiger partial charge in [-0.05, 0) is 12.1 Å². The van der Waals surface area contributed by atoms with Crippen LogP contribution in [0.4, 0.5) is 0 Å². The average molecular weight is 367 g/mol. The number of piperazine rings is 1. The molecule has 0 saturated carbocycles. The van der Waals surface area contributed by atoms with E-state index in [1.54, 1.807) is 24.4 Å². The molecule has 1 fully saturated rings. The largest absolute Gasteiger partial charge is 0.336 e. The van der Waals surface area contributed by atoms with E-state index in [0.29, 0.717) is 24.0 Å². The van der Waals surface area contributed by atoms with Gasteiger partial charge in [0.25, 0.3) is 5.56 Å². The maximum absolute atomic E-state index is 12.9. The quantitative estimate of drug-likeness (QED) is 0.702. The first-order valence-electron chi connectivity index (χ1n) is 8.95. The molecule has 1 atom stereocenters. The third-order valence-corrected chi connectivity index (χ3v) is 4.89. The molecule has 1 saturated heterocycles. The van der Waals surface area contributed by atoms with E-state index in [4.69, 9.17) is 0 Å². The van der Waals surface area contributed by atoms with Gasteiger partial charge in [0.05, 0.1) is 11.9 Å². The Morgan fingerprint density at radius 3 is 3.00 bits per heavy atom. The molecule has 0 aliphatic carbocycles. The van der Waals surface area contributed by atoms with E-state index < -0.39 is 0 Å². The number of amides is 1. The number of nitrogens with one attached hydrogen (secondary N) is 1. The number of carbonyl (C=O) groups excluding carboxylic acids is 1. The van der Waals surface area contributed by atoms with E-state index in [1.165, 1.54) is 4.68 Å². The average Bonchev–Trinajstić information content (AvgIpc) is 3.13. The van der Waals surface area contributed by atoms with Gasteiger partial charge in [-0.1, -0.05) is 17.3 Å². The molecule has 0 bridgehead atoms. The minimum absolute atomic E-state index is 0.0219. The van der Waals surface area contributed by atoms with Gasteiger partial charge >= 0.3 is 0 Å². The fraction of sp³-hybridized carbons (Fsp3) is 0.389. The number of carbonyl (C=O) groups is 1. The monoisotopic (exact) mass is 367 g/mol. The standard InChI is InChI=1S/C18H21N7O2/c1-23-10-8-20-17(23)15-12-19-7-11-24(15)16(26)6-9-25-18(27)13-4-2-3-5-14(13)21-22-25/h2-5,8,10,15,19H,6-7,9,11-12H2,1H3. The lowest BCUT2D eigenvalue weighted by atomic mass is 10.1. The highest BCUT2D eigenvalue weighted by molar-refractivity contribution is 5.77. The molecular weight excluding hydrogens is 346 g/mol. The van der Waals surface area contributed by atoms with Crippen LogP contribution in [0, 0.1) is 0 Å². The summed E-state index contributed by atoms with van der Waals surface area (Å²) in [5, 5.41) is 11.8. The predicted molar refractivity (Wildman–Crippen MR) is 98.9 cm³/mol. The molecule has 1 amide bonds. The predicted octanol–water partition coefficient (Wildman–Crippen LogP) is 0.0882. The van der Waals surface area contributed by atoms with E-state index in [2.05, 4.69) is 20.6 Å². The van der Waals surface area contributed by atoms with Crippen molar-refractivity contribution in [2.75, 3.05) is 19.6 Å². The van der Waals surface area contributed by atoms with Gasteiger partial charge in [-0.25, -0.2) is 9.67 Å². The SMILES string of the molecule is Cn1ccnc1C1CNCCN1C(=O)CCn1nnc2ccccc2c1=O. The molecule has 1 aliphatic rings. The summed E-state index contributed by atoms with van der Waals surface area (Å²) >= 11 is 0. The number of benzene rings is 1. The topological polar surface area (TPSA) is 97.9 Å². The molecule has 27 heavy (non-hydrogen) atoms. The third-order valence-electron chi connectivity index (χ3n) is 4.89. The minimum Gasteiger partial charge on any atom is -0.336 e. The second-order valence-corrected chi connectivity index (χ2v) is 6.59. The van der Waals surface area contributed by atoms with Crippen molar-refractivity contribution in [2.24, 2.45) is 7.05 Å². The van der Waals surface area contributed by atoms with Crippen molar-refractivity contribution in [3.63, 3.8) is 0 Å². The van der Waals surface area contributed by atoms with Crippen molar-refractivity contribution in [3.8, 4) is 0 Å². The van der Waals surface area contributed by atoms with Crippen LogP contribution in [0.25, 0.3) is 10.9 Å². The summed E-state index contributed by atoms with van der Waals surface area (Å²) in [6, 6.07) is 6.95. The van der Waals surface area contributed by atoms with E-state index >= 15 is 0 Å². The summed E-state index contributed by atoms with van der Waals surface area (Å²) in [4.78, 5) is 31.6. The lowest BCUT2D eigenvalue weighted by Crippen LogP contribution is -2.49. The van der Waals surface area contributed by atoms with Crippen LogP contribution in [0.15, 0.2) is 41.5 Å². The molecule has 140 valence electrons. The number of nitrogens with zero attached hydrogens (tertiary/aromatic N) is 6. The molecule has 1 aromatic carbocycles. The van der Waals surface area contributed by atoms with Gasteiger partial charge < -0.3 is 14.8 Å². The summed E-state index contributed by atoms with van der Waals surface area (Å²) in [6.45, 7) is 2.20. The van der Waals surface area contributed by atoms with Crippen LogP contribution in [0.3, 0.4) is 0 Å². The van der Waals surface area contributed by atoms with Gasteiger partial charge in [0.2, 0.25) is 5.91 Å². The Hall–Kier alpha value is -3.07. The number of aromatic nitrogens is 5. The first-order chi connectivity index (χ1) is 13.1. The van der Waals surface area contributed by atoms with E-state index in [1.807, 2.05) is 28.8 Å². The van der Waals surface area contributed by atoms with Gasteiger partial charge in [0, 0.05) is 45.5 Å². The van der Waals surface area contributed by atoms with Gasteiger partial charge in [0.1, 0.15) is 17.4 Å². The lowest BCUT2D eigenvalue weighted by molar-refractivity contribution is -0.135. The van der Waals surface area contributed by atoms with Crippen LogP contribution < -0.4 is 10.9 Å². The summed E-state index contributed by atoms with van der Waals surface area (Å²) in [6.07, 6.45) is 3.79. The Labute approximate surface area is 155 Å². The van der Waals surface area contributed by atoms with Gasteiger partial charge in [-0.2, -0.15) is 0 Å². The molecule has 1 N–H and O–H groups in total. The number of hydrogen-bond acceptors (Lipinski definition) is 6. The second-order valence-electron chi connectivity index (χ2n) is 6.59. The van der Waals surface area contributed by atoms with Crippen LogP contribution in [0.5, 0.6) is 0 Å². The number of hydrogen-bond donors (Lipinski definition) is 1. The molecule has 4 rings (SSSR count). The Morgan fingerprint density at radius 2 is 2.19 bits per heavy atom. The van der Waals surface area contributed by atoms with E-state index in [0.717, 1.165) is 12.4 Å². The Kier molecular flexibility index (Phi) is 4.68. The summed E-state index contributed by atoms with van der Waals surface area (Å²) in [7, 11) is 1.92. The molecule has 0 radical (unpaired) electrons. The normalized spacial score (nSPS) is 17.4. The van der Waals surface area contributed by atoms with Crippen LogP contribution in [0.2, 0.25) is 0 Å². The maximum Gasteiger partial charge on any atom is 0.277 e. The molecule has 9 nitrogen and oxygen atoms in total. The molecule has 1 aliphatic heterocycles. The molecule has 3 aromatic rings. The Balaban J connectivity index is 1.51. The molecule has 9 heteroatoms. The van der Waals surface area contributed by atoms with Crippen LogP contribution >= 0.6 is 0 Å². The van der Waals surface area contributed by atoms with Crippen LogP contribution in [-0.2, 0) is 18.4 Å². The van der Waals surface area contributed by atoms with E-state index in [9.17, 15) is 9.59 Å². The fourth-order valence-corrected chi connectivity index (χ4v) is 3.45. The first kappa shape index (κ1) is 17.3. The lowest BCUT2D eigenvalue weighted by Gasteiger charge is -2.35. The first-order valence-corrected chi connectivity index (χ1v) is 8.95. The Bertz CT molecular complexity index is 1030. The zero-order chi connectivity index (χ0) is 18.8. The van der Waals surface area contributed by atoms with Crippen molar-refractivity contribution in [1.29, 1.82) is 0 Å². The zero-order valence-electron chi connectivity index (χ0n) is 15.1. The summed E-state index contributed by atoms with van der Waals surface area (Å²) in [5.74, 6) is 0.824. The second kappa shape index (κ2) is 7.28. The van der Waals surface area contributed by atoms with E-state index in [-0.39, 0.29) is 30.5 Å². The number of rotatable bonds is 4. The van der Waals surface area contributed by atoms with Crippen molar-refractivity contribution < 1.29 is 4.79 Å². The van der Waals surface area contributed by atoms with Gasteiger partial charge in [-0.3, -0.25) is 9.59 Å². The maximum atomic E-state index is 12.9. The summed E-state index contributed by atoms with van der Waals surface area (Å²) in [5.41, 5.74) is 0.330. The molecule has 2 aromatic heterocycles. The van der Waals surface area contributed by atoms with Crippen molar-refractivity contribution in [3.05, 3.63) is 52.8 Å². The molecular formula is C18H21N7O2. The number of fused-ring (bicyclic) bond motifs is 1. The Morgan fingerprint density at radius 1 is 1.33 bits per heavy atom. The molecule has 3 heterocycles. The fourth-order valence-electron chi connectivity index (χ4n) is 3.45. The zero-order valence-corrected chi connectivity index (χ0v) is 15.1. The minimum atomic E-state index is -0.227. The smallest absolute Gasteiger partial charge is 0.277 e. The highest BCUT2D eigenvalue weighted by Gasteiger charge is 2.30. The third kappa shape index (κ3) is 3.33. The van der Waals surface area contributed by atoms with Gasteiger partial charge in [-0.15, -0.1) is 5.10 Å². The highest BCUT2D eigenvalue weighted by Crippen LogP contribution is 2.21. The summed E-state index contributed by atoms with van der Waals surface area (Å²) < 4.78 is 3.19. The molecule has 1 unspecified atom stereocenters. The highest BCUT2D eigenvalue weighted by atomic mass is 16.2. The van der Waals surface area contributed by atoms with Gasteiger partial charge in [0.15, 0.2) is 0 Å². The van der Waals surface area contributed by atoms with Crippen molar-refractivity contribution in [2.45, 2.75) is 19.0 Å². The molecule has 0 spiro atoms. The van der Waals surface area contributed by atoms with Crippen molar-refractivity contribution in [1.82, 2.24) is 34.8 Å². The van der Waals surface area contributed by atoms with Crippen LogP contribution in [-0.4, -0.2) is 55.0 Å². The number of aryl methyl sites for hydroxylation is 2. The van der Waals surface area contributed by atoms with Crippen molar-refractivity contribution >= 4 is 16.8 Å². The van der Waals surface area contributed by atoms with Crippen LogP contribution in [0.1, 0.15) is 18.3 Å².